The number of rotatable bonds is 4. The molecule has 0 radical (unpaired) electrons. The SMILES string of the molecule is O=C(Oc1ccccc1)N1CC[NH+](C(c2ccccc2)c2ccccc2)CC1. The summed E-state index contributed by atoms with van der Waals surface area (Å²) >= 11 is 0. The van der Waals surface area contributed by atoms with Crippen LogP contribution in [0, 0.1) is 0 Å². The Kier molecular flexibility index (Phi) is 5.69. The topological polar surface area (TPSA) is 34.0 Å². The third-order valence-electron chi connectivity index (χ3n) is 5.29. The van der Waals surface area contributed by atoms with Crippen molar-refractivity contribution in [3.63, 3.8) is 0 Å². The summed E-state index contributed by atoms with van der Waals surface area (Å²) in [7, 11) is 0. The number of quaternary nitrogens is 1. The molecule has 0 saturated carbocycles. The van der Waals surface area contributed by atoms with Gasteiger partial charge in [0.15, 0.2) is 0 Å². The van der Waals surface area contributed by atoms with Gasteiger partial charge in [0.25, 0.3) is 0 Å². The van der Waals surface area contributed by atoms with Crippen molar-refractivity contribution in [1.29, 1.82) is 0 Å². The number of ether oxygens (including phenoxy) is 1. The van der Waals surface area contributed by atoms with E-state index in [2.05, 4.69) is 60.7 Å². The number of nitrogens with zero attached hydrogens (tertiary/aromatic N) is 1. The maximum absolute atomic E-state index is 12.5. The molecule has 1 aliphatic heterocycles. The summed E-state index contributed by atoms with van der Waals surface area (Å²) in [6, 6.07) is 30.8. The summed E-state index contributed by atoms with van der Waals surface area (Å²) in [5, 5.41) is 0. The molecule has 4 heteroatoms. The van der Waals surface area contributed by atoms with E-state index < -0.39 is 0 Å². The van der Waals surface area contributed by atoms with Crippen LogP contribution in [0.25, 0.3) is 0 Å². The lowest BCUT2D eigenvalue weighted by atomic mass is 9.96. The molecule has 3 aromatic carbocycles. The van der Waals surface area contributed by atoms with E-state index in [0.717, 1.165) is 13.1 Å². The Hall–Kier alpha value is -3.11. The van der Waals surface area contributed by atoms with Gasteiger partial charge in [-0.2, -0.15) is 0 Å². The largest absolute Gasteiger partial charge is 0.415 e. The first-order valence-corrected chi connectivity index (χ1v) is 9.77. The molecular formula is C24H25N2O2+. The van der Waals surface area contributed by atoms with Crippen molar-refractivity contribution in [1.82, 2.24) is 4.90 Å². The molecular weight excluding hydrogens is 348 g/mol. The van der Waals surface area contributed by atoms with Crippen LogP contribution < -0.4 is 9.64 Å². The van der Waals surface area contributed by atoms with Crippen LogP contribution in [0.5, 0.6) is 5.75 Å². The highest BCUT2D eigenvalue weighted by atomic mass is 16.6. The van der Waals surface area contributed by atoms with Gasteiger partial charge < -0.3 is 9.64 Å². The Morgan fingerprint density at radius 3 is 1.71 bits per heavy atom. The second-order valence-electron chi connectivity index (χ2n) is 7.08. The predicted molar refractivity (Wildman–Crippen MR) is 109 cm³/mol. The summed E-state index contributed by atoms with van der Waals surface area (Å²) in [5.41, 5.74) is 2.62. The van der Waals surface area contributed by atoms with Crippen molar-refractivity contribution >= 4 is 6.09 Å². The number of hydrogen-bond acceptors (Lipinski definition) is 2. The molecule has 0 aliphatic carbocycles. The molecule has 0 atom stereocenters. The Balaban J connectivity index is 1.45. The summed E-state index contributed by atoms with van der Waals surface area (Å²) in [4.78, 5) is 15.8. The second-order valence-corrected chi connectivity index (χ2v) is 7.08. The van der Waals surface area contributed by atoms with Crippen LogP contribution in [0.15, 0.2) is 91.0 Å². The van der Waals surface area contributed by atoms with Crippen LogP contribution >= 0.6 is 0 Å². The maximum atomic E-state index is 12.5. The first-order valence-electron chi connectivity index (χ1n) is 9.77. The molecule has 1 fully saturated rings. The summed E-state index contributed by atoms with van der Waals surface area (Å²) < 4.78 is 5.50. The van der Waals surface area contributed by atoms with Crippen LogP contribution in [0.1, 0.15) is 17.2 Å². The van der Waals surface area contributed by atoms with E-state index in [0.29, 0.717) is 18.8 Å². The van der Waals surface area contributed by atoms with E-state index in [1.54, 1.807) is 12.1 Å². The first kappa shape index (κ1) is 18.3. The van der Waals surface area contributed by atoms with E-state index in [-0.39, 0.29) is 12.1 Å². The van der Waals surface area contributed by atoms with Gasteiger partial charge in [0.2, 0.25) is 0 Å². The molecule has 1 N–H and O–H groups in total. The smallest absolute Gasteiger partial charge is 0.410 e. The zero-order valence-electron chi connectivity index (χ0n) is 15.8. The lowest BCUT2D eigenvalue weighted by Gasteiger charge is -2.36. The molecule has 1 heterocycles. The summed E-state index contributed by atoms with van der Waals surface area (Å²) in [6.07, 6.45) is -0.263. The molecule has 0 bridgehead atoms. The minimum atomic E-state index is -0.263. The molecule has 1 amide bonds. The standard InChI is InChI=1S/C24H24N2O2/c27-24(28-22-14-8-3-9-15-22)26-18-16-25(17-19-26)23(20-10-4-1-5-11-20)21-12-6-2-7-13-21/h1-15,23H,16-19H2/p+1. The molecule has 4 nitrogen and oxygen atoms in total. The summed E-state index contributed by atoms with van der Waals surface area (Å²) in [6.45, 7) is 3.16. The third-order valence-corrected chi connectivity index (χ3v) is 5.29. The molecule has 0 spiro atoms. The van der Waals surface area contributed by atoms with E-state index in [1.807, 2.05) is 23.1 Å². The molecule has 142 valence electrons. The van der Waals surface area contributed by atoms with Gasteiger partial charge in [0, 0.05) is 11.1 Å². The first-order chi connectivity index (χ1) is 13.8. The zero-order valence-corrected chi connectivity index (χ0v) is 15.8. The number of hydrogen-bond donors (Lipinski definition) is 1. The quantitative estimate of drug-likeness (QED) is 0.762. The fourth-order valence-corrected chi connectivity index (χ4v) is 3.87. The summed E-state index contributed by atoms with van der Waals surface area (Å²) in [5.74, 6) is 0.591. The molecule has 1 saturated heterocycles. The minimum Gasteiger partial charge on any atom is -0.410 e. The minimum absolute atomic E-state index is 0.263. The van der Waals surface area contributed by atoms with E-state index in [1.165, 1.54) is 16.0 Å². The molecule has 0 aromatic heterocycles. The third kappa shape index (κ3) is 4.24. The maximum Gasteiger partial charge on any atom is 0.415 e. The zero-order chi connectivity index (χ0) is 19.2. The average Bonchev–Trinajstić information content (AvgIpc) is 2.77. The monoisotopic (exact) mass is 373 g/mol. The van der Waals surface area contributed by atoms with Crippen molar-refractivity contribution in [3.8, 4) is 5.75 Å². The van der Waals surface area contributed by atoms with E-state index in [4.69, 9.17) is 4.74 Å². The second kappa shape index (κ2) is 8.72. The van der Waals surface area contributed by atoms with E-state index >= 15 is 0 Å². The van der Waals surface area contributed by atoms with Gasteiger partial charge in [-0.15, -0.1) is 0 Å². The lowest BCUT2D eigenvalue weighted by Crippen LogP contribution is -3.15. The number of amides is 1. The Labute approximate surface area is 166 Å². The van der Waals surface area contributed by atoms with Gasteiger partial charge in [0.1, 0.15) is 11.8 Å². The van der Waals surface area contributed by atoms with Crippen LogP contribution in [0.3, 0.4) is 0 Å². The fourth-order valence-electron chi connectivity index (χ4n) is 3.87. The molecule has 4 rings (SSSR count). The average molecular weight is 373 g/mol. The normalized spacial score (nSPS) is 14.8. The van der Waals surface area contributed by atoms with Crippen LogP contribution in [-0.2, 0) is 0 Å². The Bertz CT molecular complexity index is 837. The lowest BCUT2D eigenvalue weighted by molar-refractivity contribution is -0.929. The number of carbonyl (C=O) groups excluding carboxylic acids is 1. The van der Waals surface area contributed by atoms with Crippen LogP contribution in [-0.4, -0.2) is 37.2 Å². The van der Waals surface area contributed by atoms with Gasteiger partial charge in [-0.3, -0.25) is 4.90 Å². The Morgan fingerprint density at radius 1 is 0.750 bits per heavy atom. The van der Waals surface area contributed by atoms with Crippen LogP contribution in [0.4, 0.5) is 4.79 Å². The number of para-hydroxylation sites is 1. The van der Waals surface area contributed by atoms with Gasteiger partial charge >= 0.3 is 6.09 Å². The Morgan fingerprint density at radius 2 is 1.21 bits per heavy atom. The predicted octanol–water partition coefficient (Wildman–Crippen LogP) is 3.18. The van der Waals surface area contributed by atoms with Crippen molar-refractivity contribution < 1.29 is 14.4 Å². The molecule has 1 aliphatic rings. The van der Waals surface area contributed by atoms with Gasteiger partial charge in [-0.05, 0) is 12.1 Å². The highest BCUT2D eigenvalue weighted by Crippen LogP contribution is 2.19. The van der Waals surface area contributed by atoms with Crippen LogP contribution in [0.2, 0.25) is 0 Å². The van der Waals surface area contributed by atoms with E-state index in [9.17, 15) is 4.79 Å². The molecule has 28 heavy (non-hydrogen) atoms. The highest BCUT2D eigenvalue weighted by Gasteiger charge is 2.32. The number of nitrogens with one attached hydrogen (secondary N) is 1. The highest BCUT2D eigenvalue weighted by molar-refractivity contribution is 5.70. The number of carbonyl (C=O) groups is 1. The molecule has 0 unspecified atom stereocenters. The fraction of sp³-hybridized carbons (Fsp3) is 0.208. The molecule has 3 aromatic rings. The number of benzene rings is 3. The van der Waals surface area contributed by atoms with Crippen molar-refractivity contribution in [2.24, 2.45) is 0 Å². The number of piperazine rings is 1. The van der Waals surface area contributed by atoms with Gasteiger partial charge in [-0.25, -0.2) is 4.79 Å². The van der Waals surface area contributed by atoms with Crippen molar-refractivity contribution in [2.75, 3.05) is 26.2 Å². The van der Waals surface area contributed by atoms with Gasteiger partial charge in [0.05, 0.1) is 26.2 Å². The van der Waals surface area contributed by atoms with Crippen molar-refractivity contribution in [2.45, 2.75) is 6.04 Å². The van der Waals surface area contributed by atoms with Crippen molar-refractivity contribution in [3.05, 3.63) is 102 Å². The van der Waals surface area contributed by atoms with Gasteiger partial charge in [-0.1, -0.05) is 78.9 Å².